The van der Waals surface area contributed by atoms with Gasteiger partial charge >= 0.3 is 5.97 Å². The van der Waals surface area contributed by atoms with Crippen LogP contribution in [0.4, 0.5) is 8.78 Å². The van der Waals surface area contributed by atoms with Gasteiger partial charge in [0.05, 0.1) is 13.7 Å². The summed E-state index contributed by atoms with van der Waals surface area (Å²) < 4.78 is 33.2. The van der Waals surface area contributed by atoms with Crippen molar-refractivity contribution in [1.29, 1.82) is 0 Å². The van der Waals surface area contributed by atoms with Crippen LogP contribution in [0.3, 0.4) is 0 Å². The normalized spacial score (nSPS) is 10.7. The van der Waals surface area contributed by atoms with Crippen LogP contribution >= 0.6 is 0 Å². The highest BCUT2D eigenvalue weighted by Crippen LogP contribution is 2.25. The maximum absolute atomic E-state index is 13.8. The number of rotatable bonds is 5. The maximum atomic E-state index is 13.8. The molecule has 3 aromatic rings. The molecule has 0 aliphatic carbocycles. The first kappa shape index (κ1) is 16.6. The van der Waals surface area contributed by atoms with Crippen LogP contribution in [0.2, 0.25) is 0 Å². The van der Waals surface area contributed by atoms with Gasteiger partial charge in [-0.25, -0.2) is 18.3 Å². The molecule has 0 amide bonds. The summed E-state index contributed by atoms with van der Waals surface area (Å²) in [5.74, 6) is -2.14. The van der Waals surface area contributed by atoms with Gasteiger partial charge in [-0.3, -0.25) is 0 Å². The van der Waals surface area contributed by atoms with Crippen LogP contribution in [0, 0.1) is 11.6 Å². The number of benzene rings is 2. The molecule has 0 atom stereocenters. The second-order valence-electron chi connectivity index (χ2n) is 5.23. The minimum atomic E-state index is -1.26. The Morgan fingerprint density at radius 2 is 1.92 bits per heavy atom. The van der Waals surface area contributed by atoms with E-state index in [1.807, 2.05) is 0 Å². The number of carbonyl (C=O) groups is 1. The van der Waals surface area contributed by atoms with Gasteiger partial charge < -0.3 is 9.84 Å². The molecule has 0 aliphatic heterocycles. The molecule has 0 radical (unpaired) electrons. The van der Waals surface area contributed by atoms with Gasteiger partial charge in [-0.05, 0) is 42.0 Å². The Bertz CT molecular complexity index is 923. The zero-order valence-corrected chi connectivity index (χ0v) is 13.1. The van der Waals surface area contributed by atoms with E-state index < -0.39 is 17.6 Å². The molecule has 3 rings (SSSR count). The molecule has 0 unspecified atom stereocenters. The number of ether oxygens (including phenoxy) is 1. The van der Waals surface area contributed by atoms with Crippen LogP contribution in [0.5, 0.6) is 5.75 Å². The molecule has 1 heterocycles. The van der Waals surface area contributed by atoms with Gasteiger partial charge in [0.2, 0.25) is 0 Å². The van der Waals surface area contributed by atoms with Gasteiger partial charge in [-0.15, -0.1) is 5.10 Å². The van der Waals surface area contributed by atoms with Crippen molar-refractivity contribution in [2.75, 3.05) is 7.11 Å². The van der Waals surface area contributed by atoms with Gasteiger partial charge in [0, 0.05) is 5.56 Å². The smallest absolute Gasteiger partial charge is 0.358 e. The fourth-order valence-electron chi connectivity index (χ4n) is 2.44. The SMILES string of the molecule is COc1ccc(Cn2nnc(C(=O)O)c2-c2ccc(F)cc2)cc1F. The summed E-state index contributed by atoms with van der Waals surface area (Å²) in [6.45, 7) is 0.0912. The quantitative estimate of drug-likeness (QED) is 0.769. The molecule has 0 saturated heterocycles. The summed E-state index contributed by atoms with van der Waals surface area (Å²) in [5.41, 5.74) is 0.936. The first-order valence-electron chi connectivity index (χ1n) is 7.24. The van der Waals surface area contributed by atoms with Crippen molar-refractivity contribution in [3.8, 4) is 17.0 Å². The van der Waals surface area contributed by atoms with Gasteiger partial charge in [0.15, 0.2) is 17.3 Å². The van der Waals surface area contributed by atoms with E-state index in [1.165, 1.54) is 48.2 Å². The number of carboxylic acids is 1. The number of halogens is 2. The van der Waals surface area contributed by atoms with Crippen molar-refractivity contribution in [3.63, 3.8) is 0 Å². The minimum Gasteiger partial charge on any atom is -0.494 e. The highest BCUT2D eigenvalue weighted by atomic mass is 19.1. The molecule has 0 aliphatic rings. The van der Waals surface area contributed by atoms with E-state index in [2.05, 4.69) is 10.3 Å². The van der Waals surface area contributed by atoms with Crippen LogP contribution in [-0.2, 0) is 6.54 Å². The van der Waals surface area contributed by atoms with Crippen LogP contribution in [-0.4, -0.2) is 33.2 Å². The third-order valence-corrected chi connectivity index (χ3v) is 3.60. The first-order valence-corrected chi connectivity index (χ1v) is 7.24. The number of carboxylic acid groups (broad SMARTS) is 1. The molecule has 2 aromatic carbocycles. The average molecular weight is 345 g/mol. The Morgan fingerprint density at radius 3 is 2.52 bits per heavy atom. The summed E-state index contributed by atoms with van der Waals surface area (Å²) in [6, 6.07) is 9.68. The molecule has 0 saturated carbocycles. The fraction of sp³-hybridized carbons (Fsp3) is 0.118. The standard InChI is InChI=1S/C17H13F2N3O3/c1-25-14-7-2-10(8-13(14)19)9-22-16(15(17(23)24)20-21-22)11-3-5-12(18)6-4-11/h2-8H,9H2,1H3,(H,23,24). The Morgan fingerprint density at radius 1 is 1.20 bits per heavy atom. The van der Waals surface area contributed by atoms with Crippen LogP contribution in [0.15, 0.2) is 42.5 Å². The van der Waals surface area contributed by atoms with E-state index in [1.54, 1.807) is 6.07 Å². The lowest BCUT2D eigenvalue weighted by Gasteiger charge is -2.09. The van der Waals surface area contributed by atoms with Crippen LogP contribution < -0.4 is 4.74 Å². The van der Waals surface area contributed by atoms with Crippen LogP contribution in [0.1, 0.15) is 16.1 Å². The highest BCUT2D eigenvalue weighted by Gasteiger charge is 2.21. The largest absolute Gasteiger partial charge is 0.494 e. The Kier molecular flexibility index (Phi) is 4.42. The number of nitrogens with zero attached hydrogens (tertiary/aromatic N) is 3. The fourth-order valence-corrected chi connectivity index (χ4v) is 2.44. The second-order valence-corrected chi connectivity index (χ2v) is 5.23. The third kappa shape index (κ3) is 3.32. The van der Waals surface area contributed by atoms with E-state index in [-0.39, 0.29) is 23.7 Å². The Balaban J connectivity index is 2.03. The van der Waals surface area contributed by atoms with Gasteiger partial charge in [0.25, 0.3) is 0 Å². The second kappa shape index (κ2) is 6.68. The molecule has 0 fully saturated rings. The zero-order valence-electron chi connectivity index (χ0n) is 13.1. The van der Waals surface area contributed by atoms with E-state index in [9.17, 15) is 18.7 Å². The summed E-state index contributed by atoms with van der Waals surface area (Å²) in [4.78, 5) is 11.4. The molecular formula is C17H13F2N3O3. The number of hydrogen-bond donors (Lipinski definition) is 1. The molecule has 8 heteroatoms. The predicted octanol–water partition coefficient (Wildman–Crippen LogP) is 2.98. The number of aromatic carboxylic acids is 1. The highest BCUT2D eigenvalue weighted by molar-refractivity contribution is 5.92. The van der Waals surface area contributed by atoms with Crippen molar-refractivity contribution in [2.24, 2.45) is 0 Å². The molecule has 25 heavy (non-hydrogen) atoms. The summed E-state index contributed by atoms with van der Waals surface area (Å²) >= 11 is 0. The molecule has 128 valence electrons. The molecule has 1 N–H and O–H groups in total. The van der Waals surface area contributed by atoms with Crippen molar-refractivity contribution in [3.05, 3.63) is 65.4 Å². The van der Waals surface area contributed by atoms with Crippen LogP contribution in [0.25, 0.3) is 11.3 Å². The summed E-state index contributed by atoms with van der Waals surface area (Å²) in [5, 5.41) is 16.8. The molecule has 1 aromatic heterocycles. The average Bonchev–Trinajstić information content (AvgIpc) is 2.99. The third-order valence-electron chi connectivity index (χ3n) is 3.60. The Hall–Kier alpha value is -3.29. The number of methoxy groups -OCH3 is 1. The predicted molar refractivity (Wildman–Crippen MR) is 84.4 cm³/mol. The topological polar surface area (TPSA) is 77.2 Å². The number of aromatic nitrogens is 3. The Labute approximate surface area is 141 Å². The lowest BCUT2D eigenvalue weighted by Crippen LogP contribution is -2.06. The van der Waals surface area contributed by atoms with Gasteiger partial charge in [-0.1, -0.05) is 11.3 Å². The van der Waals surface area contributed by atoms with Crippen molar-refractivity contribution in [2.45, 2.75) is 6.54 Å². The monoisotopic (exact) mass is 345 g/mol. The zero-order chi connectivity index (χ0) is 18.0. The van der Waals surface area contributed by atoms with E-state index in [4.69, 9.17) is 4.74 Å². The van der Waals surface area contributed by atoms with Gasteiger partial charge in [-0.2, -0.15) is 0 Å². The lowest BCUT2D eigenvalue weighted by atomic mass is 10.1. The van der Waals surface area contributed by atoms with Crippen molar-refractivity contribution < 1.29 is 23.4 Å². The molecular weight excluding hydrogens is 332 g/mol. The molecule has 6 nitrogen and oxygen atoms in total. The minimum absolute atomic E-state index is 0.0912. The molecule has 0 spiro atoms. The summed E-state index contributed by atoms with van der Waals surface area (Å²) in [7, 11) is 1.36. The maximum Gasteiger partial charge on any atom is 0.358 e. The number of hydrogen-bond acceptors (Lipinski definition) is 4. The van der Waals surface area contributed by atoms with Gasteiger partial charge in [0.1, 0.15) is 11.5 Å². The molecule has 0 bridgehead atoms. The van der Waals surface area contributed by atoms with E-state index >= 15 is 0 Å². The first-order chi connectivity index (χ1) is 12.0. The van der Waals surface area contributed by atoms with Crippen molar-refractivity contribution >= 4 is 5.97 Å². The summed E-state index contributed by atoms with van der Waals surface area (Å²) in [6.07, 6.45) is 0. The van der Waals surface area contributed by atoms with Crippen molar-refractivity contribution in [1.82, 2.24) is 15.0 Å². The van der Waals surface area contributed by atoms with E-state index in [0.29, 0.717) is 11.1 Å². The lowest BCUT2D eigenvalue weighted by molar-refractivity contribution is 0.0691. The van der Waals surface area contributed by atoms with E-state index in [0.717, 1.165) is 0 Å².